The Morgan fingerprint density at radius 3 is 3.00 bits per heavy atom. The number of thiophene rings is 1. The van der Waals surface area contributed by atoms with Gasteiger partial charge in [-0.1, -0.05) is 11.3 Å². The molecule has 2 rings (SSSR count). The van der Waals surface area contributed by atoms with Crippen molar-refractivity contribution in [1.82, 2.24) is 10.2 Å². The quantitative estimate of drug-likeness (QED) is 0.886. The lowest BCUT2D eigenvalue weighted by atomic mass is 10.4. The average Bonchev–Trinajstić information content (AvgIpc) is 2.87. The zero-order valence-corrected chi connectivity index (χ0v) is 11.1. The molecule has 0 bridgehead atoms. The van der Waals surface area contributed by atoms with Crippen LogP contribution in [0, 0.1) is 0 Å². The molecule has 2 aromatic rings. The Morgan fingerprint density at radius 2 is 2.38 bits per heavy atom. The van der Waals surface area contributed by atoms with Gasteiger partial charge in [0.05, 0.1) is 0 Å². The highest BCUT2D eigenvalue weighted by Crippen LogP contribution is 2.20. The fraction of sp³-hybridized carbons (Fsp3) is 0. The summed E-state index contributed by atoms with van der Waals surface area (Å²) >= 11 is 6.19. The number of carbonyl (C=O) groups is 1. The van der Waals surface area contributed by atoms with E-state index in [1.54, 1.807) is 22.9 Å². The van der Waals surface area contributed by atoms with Crippen molar-refractivity contribution in [2.75, 3.05) is 5.32 Å². The van der Waals surface area contributed by atoms with Crippen LogP contribution in [0.1, 0.15) is 4.88 Å². The zero-order chi connectivity index (χ0) is 11.4. The molecule has 0 aliphatic rings. The highest BCUT2D eigenvalue weighted by Gasteiger charge is 2.00. The Labute approximate surface area is 108 Å². The highest BCUT2D eigenvalue weighted by molar-refractivity contribution is 9.10. The largest absolute Gasteiger partial charge is 0.297 e. The van der Waals surface area contributed by atoms with Crippen LogP contribution >= 0.6 is 38.6 Å². The predicted octanol–water partition coefficient (Wildman–Crippen LogP) is 3.01. The van der Waals surface area contributed by atoms with Gasteiger partial charge in [-0.2, -0.15) is 0 Å². The molecular formula is C9H6BrN3OS2. The van der Waals surface area contributed by atoms with Gasteiger partial charge in [0.1, 0.15) is 5.51 Å². The van der Waals surface area contributed by atoms with Crippen LogP contribution in [0.25, 0.3) is 6.08 Å². The Kier molecular flexibility index (Phi) is 3.81. The van der Waals surface area contributed by atoms with Crippen molar-refractivity contribution in [1.29, 1.82) is 0 Å². The summed E-state index contributed by atoms with van der Waals surface area (Å²) in [6, 6.07) is 1.94. The number of nitrogens with one attached hydrogen (secondary N) is 1. The monoisotopic (exact) mass is 315 g/mol. The van der Waals surface area contributed by atoms with E-state index in [-0.39, 0.29) is 5.91 Å². The molecule has 16 heavy (non-hydrogen) atoms. The summed E-state index contributed by atoms with van der Waals surface area (Å²) in [6.07, 6.45) is 3.23. The molecule has 1 N–H and O–H groups in total. The van der Waals surface area contributed by atoms with Crippen molar-refractivity contribution in [2.24, 2.45) is 0 Å². The van der Waals surface area contributed by atoms with E-state index in [9.17, 15) is 4.79 Å². The van der Waals surface area contributed by atoms with Gasteiger partial charge in [0.2, 0.25) is 11.0 Å². The maximum absolute atomic E-state index is 11.4. The molecule has 0 spiro atoms. The number of aromatic nitrogens is 2. The number of hydrogen-bond donors (Lipinski definition) is 1. The van der Waals surface area contributed by atoms with Crippen LogP contribution < -0.4 is 5.32 Å². The number of hydrogen-bond acceptors (Lipinski definition) is 5. The number of halogens is 1. The second kappa shape index (κ2) is 5.33. The maximum atomic E-state index is 11.4. The predicted molar refractivity (Wildman–Crippen MR) is 69.6 cm³/mol. The molecule has 4 nitrogen and oxygen atoms in total. The molecular weight excluding hydrogens is 310 g/mol. The third kappa shape index (κ3) is 3.22. The zero-order valence-electron chi connectivity index (χ0n) is 7.88. The maximum Gasteiger partial charge on any atom is 0.250 e. The van der Waals surface area contributed by atoms with Gasteiger partial charge < -0.3 is 0 Å². The van der Waals surface area contributed by atoms with Crippen molar-refractivity contribution < 1.29 is 4.79 Å². The van der Waals surface area contributed by atoms with Crippen LogP contribution in [-0.2, 0) is 4.79 Å². The molecule has 0 aliphatic heterocycles. The second-order valence-corrected chi connectivity index (χ2v) is 5.43. The Bertz CT molecular complexity index is 507. The van der Waals surface area contributed by atoms with Crippen LogP contribution in [0.5, 0.6) is 0 Å². The Balaban J connectivity index is 1.94. The first-order valence-corrected chi connectivity index (χ1v) is 6.78. The number of carbonyl (C=O) groups excluding carboxylic acids is 1. The van der Waals surface area contributed by atoms with Crippen molar-refractivity contribution in [3.05, 3.63) is 32.4 Å². The first-order chi connectivity index (χ1) is 7.74. The second-order valence-electron chi connectivity index (χ2n) is 2.73. The van der Waals surface area contributed by atoms with E-state index in [0.717, 1.165) is 9.35 Å². The lowest BCUT2D eigenvalue weighted by Gasteiger charge is -1.92. The fourth-order valence-corrected chi connectivity index (χ4v) is 2.73. The molecule has 2 heterocycles. The molecule has 0 aromatic carbocycles. The summed E-state index contributed by atoms with van der Waals surface area (Å²) in [5.74, 6) is -0.207. The van der Waals surface area contributed by atoms with E-state index in [1.165, 1.54) is 17.4 Å². The van der Waals surface area contributed by atoms with Gasteiger partial charge in [-0.15, -0.1) is 21.5 Å². The van der Waals surface area contributed by atoms with E-state index in [1.807, 2.05) is 11.4 Å². The fourth-order valence-electron chi connectivity index (χ4n) is 0.948. The van der Waals surface area contributed by atoms with Gasteiger partial charge in [-0.05, 0) is 28.1 Å². The standard InChI is InChI=1S/C9H6BrN3OS2/c10-6-3-7(15-4-6)1-2-8(14)12-9-13-11-5-16-9/h1-5H,(H,12,13,14)/b2-1+. The summed E-state index contributed by atoms with van der Waals surface area (Å²) in [5, 5.41) is 12.4. The van der Waals surface area contributed by atoms with Gasteiger partial charge in [0.15, 0.2) is 0 Å². The summed E-state index contributed by atoms with van der Waals surface area (Å²) in [7, 11) is 0. The minimum absolute atomic E-state index is 0.207. The minimum atomic E-state index is -0.207. The SMILES string of the molecule is O=C(/C=C/c1cc(Br)cs1)Nc1nncs1. The molecule has 82 valence electrons. The van der Waals surface area contributed by atoms with Crippen LogP contribution in [0.3, 0.4) is 0 Å². The van der Waals surface area contributed by atoms with Crippen LogP contribution in [0.2, 0.25) is 0 Å². The Morgan fingerprint density at radius 1 is 1.50 bits per heavy atom. The molecule has 0 aliphatic carbocycles. The van der Waals surface area contributed by atoms with Gasteiger partial charge >= 0.3 is 0 Å². The van der Waals surface area contributed by atoms with Crippen LogP contribution in [0.4, 0.5) is 5.13 Å². The van der Waals surface area contributed by atoms with E-state index in [0.29, 0.717) is 5.13 Å². The van der Waals surface area contributed by atoms with Crippen molar-refractivity contribution in [3.8, 4) is 0 Å². The molecule has 0 atom stereocenters. The van der Waals surface area contributed by atoms with Crippen molar-refractivity contribution in [3.63, 3.8) is 0 Å². The summed E-state index contributed by atoms with van der Waals surface area (Å²) in [6.45, 7) is 0. The van der Waals surface area contributed by atoms with Gasteiger partial charge in [0.25, 0.3) is 0 Å². The third-order valence-corrected chi connectivity index (χ3v) is 3.84. The van der Waals surface area contributed by atoms with Gasteiger partial charge in [0, 0.05) is 20.8 Å². The summed E-state index contributed by atoms with van der Waals surface area (Å²) in [5.41, 5.74) is 1.57. The lowest BCUT2D eigenvalue weighted by Crippen LogP contribution is -2.07. The van der Waals surface area contributed by atoms with Gasteiger partial charge in [-0.25, -0.2) is 0 Å². The first-order valence-electron chi connectivity index (χ1n) is 4.23. The van der Waals surface area contributed by atoms with Crippen LogP contribution in [0.15, 0.2) is 27.5 Å². The molecule has 0 saturated heterocycles. The van der Waals surface area contributed by atoms with Gasteiger partial charge in [-0.3, -0.25) is 10.1 Å². The molecule has 0 unspecified atom stereocenters. The Hall–Kier alpha value is -1.05. The smallest absolute Gasteiger partial charge is 0.250 e. The number of nitrogens with zero attached hydrogens (tertiary/aromatic N) is 2. The molecule has 7 heteroatoms. The number of amides is 1. The number of anilines is 1. The number of rotatable bonds is 3. The van der Waals surface area contributed by atoms with Crippen LogP contribution in [-0.4, -0.2) is 16.1 Å². The van der Waals surface area contributed by atoms with Crippen molar-refractivity contribution >= 4 is 55.7 Å². The third-order valence-electron chi connectivity index (χ3n) is 1.58. The van der Waals surface area contributed by atoms with E-state index < -0.39 is 0 Å². The first kappa shape index (κ1) is 11.4. The average molecular weight is 316 g/mol. The normalized spacial score (nSPS) is 10.8. The molecule has 1 amide bonds. The van der Waals surface area contributed by atoms with Crippen molar-refractivity contribution in [2.45, 2.75) is 0 Å². The molecule has 0 saturated carbocycles. The van der Waals surface area contributed by atoms with E-state index in [4.69, 9.17) is 0 Å². The van der Waals surface area contributed by atoms with E-state index in [2.05, 4.69) is 31.4 Å². The molecule has 0 radical (unpaired) electrons. The molecule has 2 aromatic heterocycles. The summed E-state index contributed by atoms with van der Waals surface area (Å²) < 4.78 is 1.02. The van der Waals surface area contributed by atoms with E-state index >= 15 is 0 Å². The highest BCUT2D eigenvalue weighted by atomic mass is 79.9. The molecule has 0 fully saturated rings. The lowest BCUT2D eigenvalue weighted by molar-refractivity contribution is -0.111. The minimum Gasteiger partial charge on any atom is -0.297 e. The topological polar surface area (TPSA) is 54.9 Å². The summed E-state index contributed by atoms with van der Waals surface area (Å²) in [4.78, 5) is 12.4.